The van der Waals surface area contributed by atoms with E-state index in [1.54, 1.807) is 48.5 Å². The first-order chi connectivity index (χ1) is 25.6. The van der Waals surface area contributed by atoms with E-state index in [9.17, 15) is 24.0 Å². The van der Waals surface area contributed by atoms with Crippen LogP contribution < -0.4 is 20.1 Å². The lowest BCUT2D eigenvalue weighted by atomic mass is 9.89. The maximum absolute atomic E-state index is 13.9. The Labute approximate surface area is 310 Å². The lowest BCUT2D eigenvalue weighted by Crippen LogP contribution is -2.59. The van der Waals surface area contributed by atoms with Crippen molar-refractivity contribution in [2.75, 3.05) is 44.2 Å². The number of anilines is 1. The van der Waals surface area contributed by atoms with E-state index in [-0.39, 0.29) is 47.7 Å². The number of benzene rings is 2. The van der Waals surface area contributed by atoms with Crippen LogP contribution in [0, 0.1) is 11.3 Å². The third-order valence-corrected chi connectivity index (χ3v) is 10.6. The molecule has 1 saturated carbocycles. The maximum Gasteiger partial charge on any atom is 0.269 e. The number of piperazine rings is 1. The number of carbonyl (C=O) groups is 5. The molecule has 3 fully saturated rings. The van der Waals surface area contributed by atoms with E-state index in [4.69, 9.17) is 32.1 Å². The van der Waals surface area contributed by atoms with Gasteiger partial charge in [-0.1, -0.05) is 11.6 Å². The minimum atomic E-state index is -1.08. The number of halogens is 1. The number of carbonyl (C=O) groups excluding carboxylic acids is 5. The quantitative estimate of drug-likeness (QED) is 0.300. The lowest BCUT2D eigenvalue weighted by molar-refractivity contribution is -0.155. The third kappa shape index (κ3) is 7.37. The van der Waals surface area contributed by atoms with Crippen LogP contribution in [0.5, 0.6) is 11.5 Å². The van der Waals surface area contributed by atoms with Crippen LogP contribution >= 0.6 is 11.6 Å². The summed E-state index contributed by atoms with van der Waals surface area (Å²) in [6, 6.07) is 13.5. The molecule has 1 atom stereocenters. The summed E-state index contributed by atoms with van der Waals surface area (Å²) >= 11 is 6.15. The molecule has 3 aliphatic heterocycles. The SMILES string of the molecule is N#Cc1ccc(OC2CCC(N3C(=O)CCC(N4C(=O)c5ccc(OCCN6CCN(c7ccc(C(N)=O)nn7)CC6)cc5C4=O)C3=O)CC2)cc1Cl. The number of fused-ring (bicyclic) bond motifs is 1. The predicted octanol–water partition coefficient (Wildman–Crippen LogP) is 2.81. The lowest BCUT2D eigenvalue weighted by Gasteiger charge is -2.41. The van der Waals surface area contributed by atoms with Gasteiger partial charge in [0.25, 0.3) is 23.6 Å². The van der Waals surface area contributed by atoms with Crippen LogP contribution in [-0.2, 0) is 9.59 Å². The van der Waals surface area contributed by atoms with E-state index in [2.05, 4.69) is 20.0 Å². The van der Waals surface area contributed by atoms with Crippen molar-refractivity contribution in [1.29, 1.82) is 5.26 Å². The summed E-state index contributed by atoms with van der Waals surface area (Å²) in [5.74, 6) is -0.962. The third-order valence-electron chi connectivity index (χ3n) is 10.3. The van der Waals surface area contributed by atoms with Crippen LogP contribution in [0.15, 0.2) is 48.5 Å². The van der Waals surface area contributed by atoms with Gasteiger partial charge in [-0.25, -0.2) is 0 Å². The second-order valence-corrected chi connectivity index (χ2v) is 13.9. The summed E-state index contributed by atoms with van der Waals surface area (Å²) in [6.07, 6.45) is 2.14. The Bertz CT molecular complexity index is 1990. The number of imide groups is 2. The average Bonchev–Trinajstić information content (AvgIpc) is 3.41. The van der Waals surface area contributed by atoms with Crippen LogP contribution in [0.2, 0.25) is 5.02 Å². The zero-order valence-corrected chi connectivity index (χ0v) is 29.5. The van der Waals surface area contributed by atoms with Crippen LogP contribution in [0.3, 0.4) is 0 Å². The van der Waals surface area contributed by atoms with Crippen LogP contribution in [0.4, 0.5) is 5.82 Å². The van der Waals surface area contributed by atoms with E-state index in [0.717, 1.165) is 18.0 Å². The molecule has 2 aromatic carbocycles. The zero-order valence-electron chi connectivity index (χ0n) is 28.8. The largest absolute Gasteiger partial charge is 0.492 e. The second-order valence-electron chi connectivity index (χ2n) is 13.5. The number of nitrogens with zero attached hydrogens (tertiary/aromatic N) is 7. The summed E-state index contributed by atoms with van der Waals surface area (Å²) in [7, 11) is 0. The van der Waals surface area contributed by atoms with E-state index in [1.165, 1.54) is 4.90 Å². The molecule has 15 nitrogen and oxygen atoms in total. The molecule has 0 bridgehead atoms. The molecule has 5 amide bonds. The molecule has 0 spiro atoms. The topological polar surface area (TPSA) is 192 Å². The number of amides is 5. The number of hydrogen-bond donors (Lipinski definition) is 1. The fourth-order valence-corrected chi connectivity index (χ4v) is 7.63. The highest BCUT2D eigenvalue weighted by Gasteiger charge is 2.49. The molecule has 16 heteroatoms. The molecule has 0 radical (unpaired) electrons. The first kappa shape index (κ1) is 35.8. The van der Waals surface area contributed by atoms with Gasteiger partial charge in [-0.2, -0.15) is 5.26 Å². The Morgan fingerprint density at radius 3 is 2.28 bits per heavy atom. The first-order valence-corrected chi connectivity index (χ1v) is 18.0. The molecule has 2 saturated heterocycles. The molecule has 4 heterocycles. The highest BCUT2D eigenvalue weighted by molar-refractivity contribution is 6.31. The van der Waals surface area contributed by atoms with E-state index >= 15 is 0 Å². The van der Waals surface area contributed by atoms with Crippen molar-refractivity contribution in [3.05, 3.63) is 75.9 Å². The van der Waals surface area contributed by atoms with Gasteiger partial charge >= 0.3 is 0 Å². The van der Waals surface area contributed by atoms with Gasteiger partial charge in [0.15, 0.2) is 11.5 Å². The molecule has 1 aromatic heterocycles. The maximum atomic E-state index is 13.9. The number of nitrogens with two attached hydrogens (primary N) is 1. The van der Waals surface area contributed by atoms with Crippen molar-refractivity contribution in [2.24, 2.45) is 5.73 Å². The molecule has 53 heavy (non-hydrogen) atoms. The number of likely N-dealkylation sites (tertiary alicyclic amines) is 1. The molecule has 274 valence electrons. The highest BCUT2D eigenvalue weighted by atomic mass is 35.5. The Kier molecular flexibility index (Phi) is 10.3. The molecule has 1 aliphatic carbocycles. The Morgan fingerprint density at radius 1 is 0.868 bits per heavy atom. The van der Waals surface area contributed by atoms with Crippen molar-refractivity contribution in [3.8, 4) is 17.6 Å². The monoisotopic (exact) mass is 740 g/mol. The molecular weight excluding hydrogens is 704 g/mol. The highest BCUT2D eigenvalue weighted by Crippen LogP contribution is 2.35. The number of piperidine rings is 1. The summed E-state index contributed by atoms with van der Waals surface area (Å²) in [4.78, 5) is 72.0. The van der Waals surface area contributed by atoms with E-state index in [0.29, 0.717) is 79.8 Å². The van der Waals surface area contributed by atoms with Gasteiger partial charge in [0.2, 0.25) is 5.91 Å². The zero-order chi connectivity index (χ0) is 37.2. The molecule has 7 rings (SSSR count). The van der Waals surface area contributed by atoms with Crippen LogP contribution in [-0.4, -0.2) is 112 Å². The predicted molar refractivity (Wildman–Crippen MR) is 189 cm³/mol. The summed E-state index contributed by atoms with van der Waals surface area (Å²) in [6.45, 7) is 3.92. The number of ether oxygens (including phenoxy) is 2. The van der Waals surface area contributed by atoms with Gasteiger partial charge in [0.05, 0.1) is 27.8 Å². The number of hydrogen-bond acceptors (Lipinski definition) is 12. The summed E-state index contributed by atoms with van der Waals surface area (Å²) in [5.41, 5.74) is 6.08. The fourth-order valence-electron chi connectivity index (χ4n) is 7.41. The van der Waals surface area contributed by atoms with Gasteiger partial charge in [-0.3, -0.25) is 38.7 Å². The van der Waals surface area contributed by atoms with Crippen LogP contribution in [0.25, 0.3) is 0 Å². The minimum absolute atomic E-state index is 0.0432. The van der Waals surface area contributed by atoms with Crippen molar-refractivity contribution in [1.82, 2.24) is 24.9 Å². The molecule has 4 aliphatic rings. The fraction of sp³-hybridized carbons (Fsp3) is 0.405. The minimum Gasteiger partial charge on any atom is -0.492 e. The van der Waals surface area contributed by atoms with E-state index in [1.807, 2.05) is 6.07 Å². The van der Waals surface area contributed by atoms with Gasteiger partial charge in [-0.15, -0.1) is 10.2 Å². The normalized spacial score (nSPS) is 22.1. The van der Waals surface area contributed by atoms with Crippen molar-refractivity contribution in [3.63, 3.8) is 0 Å². The number of aromatic nitrogens is 2. The van der Waals surface area contributed by atoms with Gasteiger partial charge in [-0.05, 0) is 74.6 Å². The summed E-state index contributed by atoms with van der Waals surface area (Å²) < 4.78 is 12.1. The van der Waals surface area contributed by atoms with Gasteiger partial charge < -0.3 is 20.1 Å². The Hall–Kier alpha value is -5.59. The van der Waals surface area contributed by atoms with Crippen molar-refractivity contribution >= 4 is 47.0 Å². The number of nitriles is 1. The van der Waals surface area contributed by atoms with Crippen molar-refractivity contribution < 1.29 is 33.4 Å². The number of rotatable bonds is 10. The molecule has 3 aromatic rings. The van der Waals surface area contributed by atoms with Crippen molar-refractivity contribution in [2.45, 2.75) is 56.7 Å². The number of primary amides is 1. The molecule has 2 N–H and O–H groups in total. The second kappa shape index (κ2) is 15.2. The first-order valence-electron chi connectivity index (χ1n) is 17.6. The van der Waals surface area contributed by atoms with Gasteiger partial charge in [0.1, 0.15) is 30.2 Å². The van der Waals surface area contributed by atoms with Crippen LogP contribution in [0.1, 0.15) is 75.3 Å². The van der Waals surface area contributed by atoms with E-state index < -0.39 is 29.7 Å². The molecular formula is C37H37ClN8O7. The standard InChI is InChI=1S/C37H37ClN8O7/c38-29-20-26(4-1-22(29)21-39)53-24-5-2-23(3-6-24)45-33(47)12-10-31(37(45)51)46-35(49)27-8-7-25(19-28(27)36(46)50)52-18-17-43-13-15-44(16-14-43)32-11-9-30(34(40)48)41-42-32/h1,4,7-9,11,19-20,23-24,31H,2-3,5-6,10,12-18H2,(H2,40,48). The van der Waals surface area contributed by atoms with Gasteiger partial charge in [0, 0.05) is 51.3 Å². The Balaban J connectivity index is 0.915. The Morgan fingerprint density at radius 2 is 1.60 bits per heavy atom. The molecule has 1 unspecified atom stereocenters. The summed E-state index contributed by atoms with van der Waals surface area (Å²) in [5, 5.41) is 17.4. The average molecular weight is 741 g/mol. The smallest absolute Gasteiger partial charge is 0.269 e.